The molecule has 3 nitrogen and oxygen atoms in total. The van der Waals surface area contributed by atoms with Gasteiger partial charge in [0.15, 0.2) is 0 Å². The zero-order chi connectivity index (χ0) is 17.8. The number of hydrogen-bond acceptors (Lipinski definition) is 2. The minimum Gasteiger partial charge on any atom is -0.444 e. The summed E-state index contributed by atoms with van der Waals surface area (Å²) in [5.74, 6) is 0. The minimum atomic E-state index is -4.46. The number of carbonyl (C=O) groups is 1. The molecule has 1 unspecified atom stereocenters. The first-order chi connectivity index (χ1) is 10.4. The van der Waals surface area contributed by atoms with Gasteiger partial charge in [-0.1, -0.05) is 22.0 Å². The van der Waals surface area contributed by atoms with Gasteiger partial charge in [-0.25, -0.2) is 4.79 Å². The fourth-order valence-corrected chi connectivity index (χ4v) is 2.39. The quantitative estimate of drug-likeness (QED) is 0.675. The molecule has 0 bridgehead atoms. The number of halogens is 4. The molecule has 23 heavy (non-hydrogen) atoms. The van der Waals surface area contributed by atoms with Gasteiger partial charge in [-0.2, -0.15) is 13.2 Å². The Kier molecular flexibility index (Phi) is 6.27. The van der Waals surface area contributed by atoms with Gasteiger partial charge in [-0.3, -0.25) is 0 Å². The second kappa shape index (κ2) is 7.38. The molecule has 1 atom stereocenters. The van der Waals surface area contributed by atoms with Crippen molar-refractivity contribution in [3.63, 3.8) is 0 Å². The second-order valence-corrected chi connectivity index (χ2v) is 6.81. The normalized spacial score (nSPS) is 13.3. The summed E-state index contributed by atoms with van der Waals surface area (Å²) in [4.78, 5) is 11.9. The molecule has 1 N–H and O–H groups in total. The van der Waals surface area contributed by atoms with E-state index in [4.69, 9.17) is 4.74 Å². The maximum absolute atomic E-state index is 12.9. The molecule has 1 amide bonds. The lowest BCUT2D eigenvalue weighted by Gasteiger charge is -2.24. The number of nitrogens with one attached hydrogen (secondary N) is 1. The third kappa shape index (κ3) is 6.25. The number of hydrogen-bond donors (Lipinski definition) is 1. The smallest absolute Gasteiger partial charge is 0.416 e. The van der Waals surface area contributed by atoms with Gasteiger partial charge in [-0.05, 0) is 51.0 Å². The molecule has 1 aromatic carbocycles. The predicted octanol–water partition coefficient (Wildman–Crippen LogP) is 5.61. The van der Waals surface area contributed by atoms with Crippen LogP contribution in [0.1, 0.15) is 44.4 Å². The highest BCUT2D eigenvalue weighted by molar-refractivity contribution is 9.10. The van der Waals surface area contributed by atoms with E-state index in [-0.39, 0.29) is 6.42 Å². The standard InChI is InChI=1S/C16H19BrF3NO2/c1-5-6-13(21-14(22)23-15(2,3)4)11-9-10(16(18,19)20)7-8-12(11)17/h5,7-9,13H,1,6H2,2-4H3,(H,21,22). The van der Waals surface area contributed by atoms with Crippen LogP contribution >= 0.6 is 15.9 Å². The van der Waals surface area contributed by atoms with Gasteiger partial charge in [0.25, 0.3) is 0 Å². The molecule has 1 rings (SSSR count). The van der Waals surface area contributed by atoms with Crippen LogP contribution < -0.4 is 5.32 Å². The van der Waals surface area contributed by atoms with E-state index < -0.39 is 29.5 Å². The van der Waals surface area contributed by atoms with Crippen LogP contribution in [0.3, 0.4) is 0 Å². The lowest BCUT2D eigenvalue weighted by Crippen LogP contribution is -2.35. The summed E-state index contributed by atoms with van der Waals surface area (Å²) in [6.45, 7) is 8.69. The Morgan fingerprint density at radius 3 is 2.48 bits per heavy atom. The third-order valence-corrected chi connectivity index (χ3v) is 3.51. The molecule has 0 spiro atoms. The van der Waals surface area contributed by atoms with E-state index >= 15 is 0 Å². The minimum absolute atomic E-state index is 0.263. The molecule has 0 aromatic heterocycles. The van der Waals surface area contributed by atoms with Crippen LogP contribution in [0.25, 0.3) is 0 Å². The fraction of sp³-hybridized carbons (Fsp3) is 0.438. The van der Waals surface area contributed by atoms with Gasteiger partial charge in [-0.15, -0.1) is 6.58 Å². The van der Waals surface area contributed by atoms with Crippen molar-refractivity contribution in [3.8, 4) is 0 Å². The zero-order valence-corrected chi connectivity index (χ0v) is 14.7. The summed E-state index contributed by atoms with van der Waals surface area (Å²) in [7, 11) is 0. The van der Waals surface area contributed by atoms with Crippen LogP contribution in [0.2, 0.25) is 0 Å². The molecule has 0 radical (unpaired) electrons. The highest BCUT2D eigenvalue weighted by atomic mass is 79.9. The first-order valence-corrected chi connectivity index (χ1v) is 7.70. The van der Waals surface area contributed by atoms with E-state index in [1.54, 1.807) is 20.8 Å². The summed E-state index contributed by atoms with van der Waals surface area (Å²) in [5.41, 5.74) is -1.17. The van der Waals surface area contributed by atoms with Gasteiger partial charge >= 0.3 is 12.3 Å². The first kappa shape index (κ1) is 19.5. The van der Waals surface area contributed by atoms with Crippen molar-refractivity contribution in [2.45, 2.75) is 45.0 Å². The lowest BCUT2D eigenvalue weighted by atomic mass is 10.0. The largest absolute Gasteiger partial charge is 0.444 e. The van der Waals surface area contributed by atoms with Crippen LogP contribution in [-0.2, 0) is 10.9 Å². The number of alkyl carbamates (subject to hydrolysis) is 1. The lowest BCUT2D eigenvalue weighted by molar-refractivity contribution is -0.137. The predicted molar refractivity (Wildman–Crippen MR) is 86.1 cm³/mol. The number of rotatable bonds is 4. The third-order valence-electron chi connectivity index (χ3n) is 2.79. The van der Waals surface area contributed by atoms with Gasteiger partial charge in [0.1, 0.15) is 5.60 Å². The molecule has 7 heteroatoms. The summed E-state index contributed by atoms with van der Waals surface area (Å²) in [6, 6.07) is 2.62. The molecule has 0 fully saturated rings. The van der Waals surface area contributed by atoms with E-state index in [2.05, 4.69) is 27.8 Å². The van der Waals surface area contributed by atoms with Crippen molar-refractivity contribution in [1.29, 1.82) is 0 Å². The van der Waals surface area contributed by atoms with Gasteiger partial charge in [0, 0.05) is 4.47 Å². The van der Waals surface area contributed by atoms with Crippen LogP contribution in [0.4, 0.5) is 18.0 Å². The number of alkyl halides is 3. The molecule has 0 saturated heterocycles. The fourth-order valence-electron chi connectivity index (χ4n) is 1.87. The maximum atomic E-state index is 12.9. The van der Waals surface area contributed by atoms with E-state index in [1.165, 1.54) is 12.1 Å². The molecule has 1 aromatic rings. The zero-order valence-electron chi connectivity index (χ0n) is 13.1. The number of ether oxygens (including phenoxy) is 1. The molecule has 0 aliphatic rings. The van der Waals surface area contributed by atoms with E-state index in [0.29, 0.717) is 10.0 Å². The Hall–Kier alpha value is -1.50. The Balaban J connectivity index is 3.10. The highest BCUT2D eigenvalue weighted by Gasteiger charge is 2.32. The van der Waals surface area contributed by atoms with Crippen LogP contribution in [0.5, 0.6) is 0 Å². The number of amides is 1. The second-order valence-electron chi connectivity index (χ2n) is 5.96. The topological polar surface area (TPSA) is 38.3 Å². The Morgan fingerprint density at radius 1 is 1.39 bits per heavy atom. The van der Waals surface area contributed by atoms with Crippen LogP contribution in [0.15, 0.2) is 35.3 Å². The highest BCUT2D eigenvalue weighted by Crippen LogP contribution is 2.34. The van der Waals surface area contributed by atoms with Crippen molar-refractivity contribution in [1.82, 2.24) is 5.32 Å². The average Bonchev–Trinajstić information content (AvgIpc) is 2.35. The van der Waals surface area contributed by atoms with Crippen molar-refractivity contribution >= 4 is 22.0 Å². The summed E-state index contributed by atoms with van der Waals surface area (Å²) in [6.07, 6.45) is -3.37. The Morgan fingerprint density at radius 2 is 2.00 bits per heavy atom. The summed E-state index contributed by atoms with van der Waals surface area (Å²) >= 11 is 3.23. The maximum Gasteiger partial charge on any atom is 0.416 e. The molecule has 0 aliphatic carbocycles. The van der Waals surface area contributed by atoms with E-state index in [9.17, 15) is 18.0 Å². The molecule has 0 heterocycles. The van der Waals surface area contributed by atoms with Crippen molar-refractivity contribution < 1.29 is 22.7 Å². The number of benzene rings is 1. The molecule has 128 valence electrons. The van der Waals surface area contributed by atoms with Gasteiger partial charge < -0.3 is 10.1 Å². The summed E-state index contributed by atoms with van der Waals surface area (Å²) in [5, 5.41) is 2.58. The van der Waals surface area contributed by atoms with Crippen molar-refractivity contribution in [2.24, 2.45) is 0 Å². The SMILES string of the molecule is C=CCC(NC(=O)OC(C)(C)C)c1cc(C(F)(F)F)ccc1Br. The van der Waals surface area contributed by atoms with Gasteiger partial charge in [0.2, 0.25) is 0 Å². The molecular weight excluding hydrogens is 375 g/mol. The molecular formula is C16H19BrF3NO2. The summed E-state index contributed by atoms with van der Waals surface area (Å²) < 4.78 is 44.3. The van der Waals surface area contributed by atoms with E-state index in [1.807, 2.05) is 0 Å². The Bertz CT molecular complexity index is 580. The van der Waals surface area contributed by atoms with Gasteiger partial charge in [0.05, 0.1) is 11.6 Å². The monoisotopic (exact) mass is 393 g/mol. The molecule has 0 aliphatic heterocycles. The van der Waals surface area contributed by atoms with Crippen molar-refractivity contribution in [2.75, 3.05) is 0 Å². The van der Waals surface area contributed by atoms with Crippen LogP contribution in [-0.4, -0.2) is 11.7 Å². The molecule has 0 saturated carbocycles. The first-order valence-electron chi connectivity index (χ1n) is 6.91. The Labute approximate surface area is 142 Å². The van der Waals surface area contributed by atoms with Crippen molar-refractivity contribution in [3.05, 3.63) is 46.5 Å². The van der Waals surface area contributed by atoms with E-state index in [0.717, 1.165) is 12.1 Å². The average molecular weight is 394 g/mol. The van der Waals surface area contributed by atoms with Crippen LogP contribution in [0, 0.1) is 0 Å². The number of carbonyl (C=O) groups excluding carboxylic acids is 1.